The van der Waals surface area contributed by atoms with Gasteiger partial charge in [0.25, 0.3) is 0 Å². The molecule has 8 heteroatoms. The summed E-state index contributed by atoms with van der Waals surface area (Å²) >= 11 is 18.3. The molecule has 0 bridgehead atoms. The monoisotopic (exact) mass is 537 g/mol. The number of rotatable bonds is 10. The number of halogens is 3. The number of nitrogens with one attached hydrogen (secondary N) is 2. The molecule has 1 saturated carbocycles. The van der Waals surface area contributed by atoms with Gasteiger partial charge in [-0.25, -0.2) is 0 Å². The van der Waals surface area contributed by atoms with Gasteiger partial charge in [-0.1, -0.05) is 53.0 Å². The molecule has 1 aliphatic carbocycles. The fourth-order valence-corrected chi connectivity index (χ4v) is 5.50. The molecule has 0 aromatic heterocycles. The molecule has 2 aromatic rings. The maximum absolute atomic E-state index is 12.5. The van der Waals surface area contributed by atoms with Crippen LogP contribution in [0.2, 0.25) is 15.1 Å². The van der Waals surface area contributed by atoms with Gasteiger partial charge in [0, 0.05) is 46.0 Å². The summed E-state index contributed by atoms with van der Waals surface area (Å²) in [7, 11) is 4.26. The highest BCUT2D eigenvalue weighted by Crippen LogP contribution is 2.36. The molecule has 5 nitrogen and oxygen atoms in total. The normalized spacial score (nSPS) is 20.0. The van der Waals surface area contributed by atoms with Crippen molar-refractivity contribution in [3.05, 3.63) is 68.7 Å². The highest BCUT2D eigenvalue weighted by molar-refractivity contribution is 6.35. The Morgan fingerprint density at radius 3 is 2.31 bits per heavy atom. The van der Waals surface area contributed by atoms with Crippen molar-refractivity contribution in [2.45, 2.75) is 62.9 Å². The average molecular weight is 539 g/mol. The molecule has 3 rings (SSSR count). The molecule has 0 saturated heterocycles. The Morgan fingerprint density at radius 2 is 1.66 bits per heavy atom. The highest BCUT2D eigenvalue weighted by atomic mass is 35.5. The Balaban J connectivity index is 1.38. The second-order valence-electron chi connectivity index (χ2n) is 9.60. The molecule has 0 spiro atoms. The van der Waals surface area contributed by atoms with E-state index in [9.17, 15) is 9.59 Å². The molecule has 0 unspecified atom stereocenters. The van der Waals surface area contributed by atoms with Gasteiger partial charge < -0.3 is 15.5 Å². The third kappa shape index (κ3) is 8.38. The van der Waals surface area contributed by atoms with Crippen molar-refractivity contribution in [2.24, 2.45) is 0 Å². The van der Waals surface area contributed by atoms with E-state index < -0.39 is 0 Å². The van der Waals surface area contributed by atoms with Crippen LogP contribution in [0.25, 0.3) is 0 Å². The predicted molar refractivity (Wildman–Crippen MR) is 144 cm³/mol. The number of hydrogen-bond acceptors (Lipinski definition) is 3. The molecule has 190 valence electrons. The number of hydrogen-bond donors (Lipinski definition) is 2. The van der Waals surface area contributed by atoms with Crippen LogP contribution in [0.4, 0.5) is 0 Å². The zero-order valence-electron chi connectivity index (χ0n) is 20.4. The summed E-state index contributed by atoms with van der Waals surface area (Å²) in [5.41, 5.74) is 2.22. The summed E-state index contributed by atoms with van der Waals surface area (Å²) in [5, 5.41) is 7.92. The van der Waals surface area contributed by atoms with Gasteiger partial charge in [0.2, 0.25) is 11.8 Å². The maximum Gasteiger partial charge on any atom is 0.220 e. The van der Waals surface area contributed by atoms with Crippen molar-refractivity contribution in [3.63, 3.8) is 0 Å². The molecule has 1 aliphatic rings. The second-order valence-corrected chi connectivity index (χ2v) is 10.9. The number of carbonyl (C=O) groups excluding carboxylic acids is 2. The average Bonchev–Trinajstić information content (AvgIpc) is 2.80. The maximum atomic E-state index is 12.5. The summed E-state index contributed by atoms with van der Waals surface area (Å²) in [6.45, 7) is 0.462. The van der Waals surface area contributed by atoms with Crippen molar-refractivity contribution in [3.8, 4) is 0 Å². The molecule has 0 radical (unpaired) electrons. The third-order valence-electron chi connectivity index (χ3n) is 6.96. The van der Waals surface area contributed by atoms with Gasteiger partial charge in [-0.2, -0.15) is 0 Å². The van der Waals surface area contributed by atoms with E-state index in [2.05, 4.69) is 35.7 Å². The molecule has 0 aliphatic heterocycles. The Morgan fingerprint density at radius 1 is 0.971 bits per heavy atom. The zero-order chi connectivity index (χ0) is 25.4. The molecule has 0 atom stereocenters. The molecule has 0 heterocycles. The van der Waals surface area contributed by atoms with Crippen LogP contribution >= 0.6 is 34.8 Å². The van der Waals surface area contributed by atoms with Crippen LogP contribution in [-0.2, 0) is 22.4 Å². The topological polar surface area (TPSA) is 61.4 Å². The van der Waals surface area contributed by atoms with E-state index in [1.54, 1.807) is 12.1 Å². The number of benzene rings is 2. The summed E-state index contributed by atoms with van der Waals surface area (Å²) in [6, 6.07) is 13.5. The zero-order valence-corrected chi connectivity index (χ0v) is 22.6. The fourth-order valence-electron chi connectivity index (χ4n) is 4.78. The highest BCUT2D eigenvalue weighted by Gasteiger charge is 2.37. The molecule has 1 fully saturated rings. The lowest BCUT2D eigenvalue weighted by Crippen LogP contribution is -2.52. The lowest BCUT2D eigenvalue weighted by atomic mass is 9.75. The van der Waals surface area contributed by atoms with Crippen LogP contribution in [0.1, 0.15) is 49.7 Å². The molecular formula is C27H34Cl3N3O2. The first-order valence-corrected chi connectivity index (χ1v) is 13.2. The SMILES string of the molecule is CN(C)C1(Cc2cccc(Cl)c2)CCC(NC(=O)CCC(=O)NCCc2ccc(Cl)cc2Cl)CC1. The number of likely N-dealkylation sites (N-methyl/N-ethyl adjacent to an activating group) is 1. The van der Waals surface area contributed by atoms with E-state index in [0.717, 1.165) is 42.7 Å². The van der Waals surface area contributed by atoms with E-state index in [-0.39, 0.29) is 36.2 Å². The van der Waals surface area contributed by atoms with Crippen LogP contribution in [0.15, 0.2) is 42.5 Å². The van der Waals surface area contributed by atoms with E-state index in [1.165, 1.54) is 5.56 Å². The minimum absolute atomic E-state index is 0.0543. The summed E-state index contributed by atoms with van der Waals surface area (Å²) in [5.74, 6) is -0.208. The molecular weight excluding hydrogens is 505 g/mol. The first-order chi connectivity index (χ1) is 16.7. The summed E-state index contributed by atoms with van der Waals surface area (Å²) < 4.78 is 0. The van der Waals surface area contributed by atoms with Crippen LogP contribution < -0.4 is 10.6 Å². The van der Waals surface area contributed by atoms with Gasteiger partial charge in [0.15, 0.2) is 0 Å². The predicted octanol–water partition coefficient (Wildman–Crippen LogP) is 5.69. The fraction of sp³-hybridized carbons (Fsp3) is 0.481. The van der Waals surface area contributed by atoms with Gasteiger partial charge in [-0.05, 0) is 88.0 Å². The van der Waals surface area contributed by atoms with Crippen molar-refractivity contribution >= 4 is 46.6 Å². The summed E-state index contributed by atoms with van der Waals surface area (Å²) in [4.78, 5) is 26.9. The van der Waals surface area contributed by atoms with E-state index >= 15 is 0 Å². The number of nitrogens with zero attached hydrogens (tertiary/aromatic N) is 1. The molecule has 2 N–H and O–H groups in total. The minimum atomic E-state index is -0.137. The Labute approximate surface area is 223 Å². The van der Waals surface area contributed by atoms with Crippen molar-refractivity contribution in [1.82, 2.24) is 15.5 Å². The molecule has 2 amide bonds. The lowest BCUT2D eigenvalue weighted by molar-refractivity contribution is -0.127. The van der Waals surface area contributed by atoms with Crippen LogP contribution in [0, 0.1) is 0 Å². The summed E-state index contributed by atoms with van der Waals surface area (Å²) in [6.07, 6.45) is 5.71. The van der Waals surface area contributed by atoms with E-state index in [1.807, 2.05) is 24.3 Å². The van der Waals surface area contributed by atoms with Crippen molar-refractivity contribution in [2.75, 3.05) is 20.6 Å². The standard InChI is InChI=1S/C27H34Cl3N3O2/c1-33(2)27(18-19-4-3-5-21(28)16-19)13-10-23(11-14-27)32-26(35)9-8-25(34)31-15-12-20-6-7-22(29)17-24(20)30/h3-7,16-17,23H,8-15,18H2,1-2H3,(H,31,34)(H,32,35). The Hall–Kier alpha value is -1.79. The van der Waals surface area contributed by atoms with E-state index in [0.29, 0.717) is 23.0 Å². The van der Waals surface area contributed by atoms with Crippen LogP contribution in [0.3, 0.4) is 0 Å². The van der Waals surface area contributed by atoms with Gasteiger partial charge >= 0.3 is 0 Å². The molecule has 2 aromatic carbocycles. The van der Waals surface area contributed by atoms with Gasteiger partial charge in [-0.15, -0.1) is 0 Å². The smallest absolute Gasteiger partial charge is 0.220 e. The minimum Gasteiger partial charge on any atom is -0.356 e. The first kappa shape index (κ1) is 27.8. The lowest BCUT2D eigenvalue weighted by Gasteiger charge is -2.45. The van der Waals surface area contributed by atoms with Gasteiger partial charge in [0.05, 0.1) is 0 Å². The number of amides is 2. The third-order valence-corrected chi connectivity index (χ3v) is 7.79. The molecule has 35 heavy (non-hydrogen) atoms. The van der Waals surface area contributed by atoms with Crippen molar-refractivity contribution < 1.29 is 9.59 Å². The van der Waals surface area contributed by atoms with Crippen LogP contribution in [0.5, 0.6) is 0 Å². The second kappa shape index (κ2) is 13.0. The Kier molecular flexibility index (Phi) is 10.3. The quantitative estimate of drug-likeness (QED) is 0.409. The first-order valence-electron chi connectivity index (χ1n) is 12.1. The Bertz CT molecular complexity index is 1020. The number of carbonyl (C=O) groups is 2. The van der Waals surface area contributed by atoms with Gasteiger partial charge in [0.1, 0.15) is 0 Å². The van der Waals surface area contributed by atoms with E-state index in [4.69, 9.17) is 34.8 Å². The largest absolute Gasteiger partial charge is 0.356 e. The van der Waals surface area contributed by atoms with Crippen molar-refractivity contribution in [1.29, 1.82) is 0 Å². The van der Waals surface area contributed by atoms with Gasteiger partial charge in [-0.3, -0.25) is 9.59 Å². The van der Waals surface area contributed by atoms with Crippen LogP contribution in [-0.4, -0.2) is 48.9 Å².